The average Bonchev–Trinajstić information content (AvgIpc) is 2.74. The number of fused-ring (bicyclic) bond motifs is 1. The van der Waals surface area contributed by atoms with Crippen molar-refractivity contribution in [2.45, 2.75) is 19.9 Å². The number of rotatable bonds is 1. The molecule has 3 rings (SSSR count). The minimum Gasteiger partial charge on any atom is -1.00 e. The molecule has 1 aromatic carbocycles. The number of para-hydroxylation sites is 1. The fourth-order valence-corrected chi connectivity index (χ4v) is 2.42. The molecule has 0 fully saturated rings. The van der Waals surface area contributed by atoms with E-state index in [1.54, 1.807) is 0 Å². The number of hydrogen-bond donors (Lipinski definition) is 0. The Kier molecular flexibility index (Phi) is 7.36. The summed E-state index contributed by atoms with van der Waals surface area (Å²) < 4.78 is 0. The standard InChI is InChI=1S/C15H14N.2ClH.Zr/c1-11-8-13-10-12(2)16(15(13)9-11)14-6-4-3-5-7-14;;;/h3-7,9-10,12H,1-2H3;2*1H;/q-1;;;+3/p-2. The second kappa shape index (κ2) is 7.48. The van der Waals surface area contributed by atoms with Gasteiger partial charge in [0, 0.05) is 11.7 Å². The first kappa shape index (κ1) is 18.7. The van der Waals surface area contributed by atoms with Crippen molar-refractivity contribution in [1.29, 1.82) is 0 Å². The first-order valence-corrected chi connectivity index (χ1v) is 5.64. The van der Waals surface area contributed by atoms with Gasteiger partial charge in [0.1, 0.15) is 0 Å². The SMILES string of the molecule is CC1=[C-]C2=CC(C)N(c3ccccc3)C2=C1.[Cl-].[Cl-].[Zr+3]. The second-order valence-electron chi connectivity index (χ2n) is 4.36. The summed E-state index contributed by atoms with van der Waals surface area (Å²) in [6.45, 7) is 4.32. The third-order valence-electron chi connectivity index (χ3n) is 3.07. The molecule has 1 aromatic rings. The van der Waals surface area contributed by atoms with E-state index < -0.39 is 0 Å². The largest absolute Gasteiger partial charge is 3.00 e. The summed E-state index contributed by atoms with van der Waals surface area (Å²) in [6, 6.07) is 10.9. The molecule has 19 heavy (non-hydrogen) atoms. The van der Waals surface area contributed by atoms with Crippen molar-refractivity contribution in [2.24, 2.45) is 0 Å². The van der Waals surface area contributed by atoms with Gasteiger partial charge in [-0.2, -0.15) is 0 Å². The van der Waals surface area contributed by atoms with E-state index >= 15 is 0 Å². The number of hydrogen-bond acceptors (Lipinski definition) is 1. The maximum Gasteiger partial charge on any atom is 3.00 e. The van der Waals surface area contributed by atoms with Gasteiger partial charge < -0.3 is 29.7 Å². The Balaban J connectivity index is 0.00000108. The van der Waals surface area contributed by atoms with Crippen molar-refractivity contribution in [2.75, 3.05) is 4.90 Å². The zero-order valence-electron chi connectivity index (χ0n) is 10.8. The maximum absolute atomic E-state index is 3.39. The summed E-state index contributed by atoms with van der Waals surface area (Å²) in [6.07, 6.45) is 7.87. The zero-order valence-corrected chi connectivity index (χ0v) is 14.8. The van der Waals surface area contributed by atoms with Gasteiger partial charge in [0.2, 0.25) is 0 Å². The van der Waals surface area contributed by atoms with E-state index in [0.717, 1.165) is 0 Å². The summed E-state index contributed by atoms with van der Waals surface area (Å²) in [5.74, 6) is 0. The normalized spacial score (nSPS) is 19.2. The number of nitrogens with zero attached hydrogens (tertiary/aromatic N) is 1. The molecule has 0 bridgehead atoms. The predicted molar refractivity (Wildman–Crippen MR) is 67.0 cm³/mol. The van der Waals surface area contributed by atoms with Gasteiger partial charge in [0.25, 0.3) is 0 Å². The molecule has 4 heteroatoms. The molecule has 1 radical (unpaired) electrons. The van der Waals surface area contributed by atoms with Crippen LogP contribution in [0, 0.1) is 6.08 Å². The summed E-state index contributed by atoms with van der Waals surface area (Å²) >= 11 is 0. The van der Waals surface area contributed by atoms with Gasteiger partial charge in [0.05, 0.1) is 0 Å². The number of anilines is 1. The summed E-state index contributed by atoms with van der Waals surface area (Å²) in [5.41, 5.74) is 5.00. The first-order valence-electron chi connectivity index (χ1n) is 5.64. The van der Waals surface area contributed by atoms with Gasteiger partial charge in [-0.15, -0.1) is 29.4 Å². The molecule has 2 aliphatic rings. The van der Waals surface area contributed by atoms with Crippen molar-refractivity contribution in [3.63, 3.8) is 0 Å². The fourth-order valence-electron chi connectivity index (χ4n) is 2.42. The van der Waals surface area contributed by atoms with Crippen molar-refractivity contribution in [1.82, 2.24) is 0 Å². The molecule has 0 N–H and O–H groups in total. The van der Waals surface area contributed by atoms with Gasteiger partial charge in [-0.05, 0) is 19.1 Å². The minimum atomic E-state index is 0. The van der Waals surface area contributed by atoms with Crippen LogP contribution >= 0.6 is 0 Å². The molecular formula is C15H14Cl2NZr. The monoisotopic (exact) mass is 368 g/mol. The molecule has 0 saturated heterocycles. The zero-order chi connectivity index (χ0) is 11.1. The first-order chi connectivity index (χ1) is 7.75. The Labute approximate surface area is 146 Å². The predicted octanol–water partition coefficient (Wildman–Crippen LogP) is -2.53. The third-order valence-corrected chi connectivity index (χ3v) is 3.07. The topological polar surface area (TPSA) is 3.24 Å². The quantitative estimate of drug-likeness (QED) is 0.493. The van der Waals surface area contributed by atoms with Crippen molar-refractivity contribution in [3.8, 4) is 0 Å². The molecule has 1 nitrogen and oxygen atoms in total. The molecule has 0 aromatic heterocycles. The van der Waals surface area contributed by atoms with Gasteiger partial charge in [-0.25, -0.2) is 0 Å². The van der Waals surface area contributed by atoms with Crippen LogP contribution < -0.4 is 29.7 Å². The molecule has 0 spiro atoms. The second-order valence-corrected chi connectivity index (χ2v) is 4.36. The van der Waals surface area contributed by atoms with E-state index in [0.29, 0.717) is 6.04 Å². The molecule has 1 aliphatic heterocycles. The number of allylic oxidation sites excluding steroid dienone is 3. The molecule has 1 heterocycles. The van der Waals surface area contributed by atoms with E-state index in [9.17, 15) is 0 Å². The summed E-state index contributed by atoms with van der Waals surface area (Å²) in [4.78, 5) is 2.36. The van der Waals surface area contributed by atoms with Crippen molar-refractivity contribution < 1.29 is 51.0 Å². The average molecular weight is 370 g/mol. The Morgan fingerprint density at radius 3 is 2.37 bits per heavy atom. The Morgan fingerprint density at radius 2 is 1.74 bits per heavy atom. The van der Waals surface area contributed by atoms with E-state index in [1.807, 2.05) is 0 Å². The van der Waals surface area contributed by atoms with Crippen LogP contribution in [0.1, 0.15) is 13.8 Å². The van der Waals surface area contributed by atoms with Crippen LogP contribution in [-0.4, -0.2) is 6.04 Å². The molecular weight excluding hydrogens is 356 g/mol. The summed E-state index contributed by atoms with van der Waals surface area (Å²) in [7, 11) is 0. The van der Waals surface area contributed by atoms with E-state index in [-0.39, 0.29) is 51.0 Å². The fraction of sp³-hybridized carbons (Fsp3) is 0.200. The Hall–Kier alpha value is -0.297. The van der Waals surface area contributed by atoms with Crippen LogP contribution in [0.5, 0.6) is 0 Å². The van der Waals surface area contributed by atoms with Gasteiger partial charge in [0.15, 0.2) is 0 Å². The minimum absolute atomic E-state index is 0. The Morgan fingerprint density at radius 1 is 1.11 bits per heavy atom. The van der Waals surface area contributed by atoms with Crippen LogP contribution in [0.4, 0.5) is 5.69 Å². The van der Waals surface area contributed by atoms with E-state index in [4.69, 9.17) is 0 Å². The van der Waals surface area contributed by atoms with Crippen LogP contribution in [0.2, 0.25) is 0 Å². The van der Waals surface area contributed by atoms with Crippen LogP contribution in [-0.2, 0) is 26.2 Å². The van der Waals surface area contributed by atoms with Gasteiger partial charge in [-0.3, -0.25) is 0 Å². The molecule has 1 unspecified atom stereocenters. The number of benzene rings is 1. The van der Waals surface area contributed by atoms with Crippen LogP contribution in [0.3, 0.4) is 0 Å². The summed E-state index contributed by atoms with van der Waals surface area (Å²) in [5, 5.41) is 0. The molecule has 0 saturated carbocycles. The molecule has 1 atom stereocenters. The van der Waals surface area contributed by atoms with Gasteiger partial charge in [-0.1, -0.05) is 30.8 Å². The molecule has 0 amide bonds. The van der Waals surface area contributed by atoms with Crippen LogP contribution in [0.25, 0.3) is 0 Å². The van der Waals surface area contributed by atoms with E-state index in [1.165, 1.54) is 22.5 Å². The molecule has 1 aliphatic carbocycles. The third kappa shape index (κ3) is 3.42. The van der Waals surface area contributed by atoms with Gasteiger partial charge >= 0.3 is 26.2 Å². The Bertz CT molecular complexity index is 520. The maximum atomic E-state index is 3.39. The van der Waals surface area contributed by atoms with Crippen LogP contribution in [0.15, 0.2) is 59.3 Å². The molecule has 97 valence electrons. The van der Waals surface area contributed by atoms with Crippen molar-refractivity contribution >= 4 is 5.69 Å². The van der Waals surface area contributed by atoms with E-state index in [2.05, 4.69) is 67.3 Å². The van der Waals surface area contributed by atoms with Crippen molar-refractivity contribution in [3.05, 3.63) is 65.4 Å². The smallest absolute Gasteiger partial charge is 1.00 e. The number of halogens is 2.